The van der Waals surface area contributed by atoms with Crippen LogP contribution in [0.15, 0.2) is 35.4 Å². The molecule has 0 radical (unpaired) electrons. The summed E-state index contributed by atoms with van der Waals surface area (Å²) < 4.78 is 2.30. The quantitative estimate of drug-likeness (QED) is 0.729. The van der Waals surface area contributed by atoms with Crippen molar-refractivity contribution in [2.75, 3.05) is 0 Å². The molecule has 2 aromatic rings. The van der Waals surface area contributed by atoms with E-state index in [-0.39, 0.29) is 0 Å². The van der Waals surface area contributed by atoms with Crippen LogP contribution in [0, 0.1) is 0 Å². The zero-order valence-electron chi connectivity index (χ0n) is 8.40. The molecule has 0 saturated carbocycles. The lowest BCUT2D eigenvalue weighted by Gasteiger charge is -2.04. The summed E-state index contributed by atoms with van der Waals surface area (Å²) in [5, 5.41) is 1.26. The Hall–Kier alpha value is -0.890. The van der Waals surface area contributed by atoms with Gasteiger partial charge in [0.2, 0.25) is 0 Å². The zero-order valence-corrected chi connectivity index (χ0v) is 9.30. The number of benzene rings is 1. The zero-order chi connectivity index (χ0) is 9.97. The number of thiol groups is 1. The molecule has 0 amide bonds. The van der Waals surface area contributed by atoms with Gasteiger partial charge in [0.05, 0.1) is 0 Å². The summed E-state index contributed by atoms with van der Waals surface area (Å²) in [4.78, 5) is 1.07. The van der Waals surface area contributed by atoms with E-state index in [1.807, 2.05) is 6.07 Å². The van der Waals surface area contributed by atoms with E-state index in [1.165, 1.54) is 23.7 Å². The third-order valence-electron chi connectivity index (χ3n) is 2.54. The van der Waals surface area contributed by atoms with Crippen LogP contribution in [0.25, 0.3) is 10.9 Å². The molecule has 0 fully saturated rings. The Morgan fingerprint density at radius 3 is 2.93 bits per heavy atom. The first kappa shape index (κ1) is 9.66. The molecule has 2 heteroatoms. The van der Waals surface area contributed by atoms with E-state index in [9.17, 15) is 0 Å². The molecule has 0 aliphatic carbocycles. The van der Waals surface area contributed by atoms with Crippen molar-refractivity contribution in [1.82, 2.24) is 4.57 Å². The molecule has 0 bridgehead atoms. The van der Waals surface area contributed by atoms with Gasteiger partial charge in [-0.25, -0.2) is 0 Å². The highest BCUT2D eigenvalue weighted by atomic mass is 32.1. The Labute approximate surface area is 90.1 Å². The summed E-state index contributed by atoms with van der Waals surface area (Å²) in [5.74, 6) is 0. The predicted octanol–water partition coefficient (Wildman–Crippen LogP) is 3.73. The molecule has 0 aliphatic rings. The lowest BCUT2D eigenvalue weighted by Crippen LogP contribution is -1.94. The lowest BCUT2D eigenvalue weighted by atomic mass is 10.2. The highest BCUT2D eigenvalue weighted by Crippen LogP contribution is 2.23. The molecule has 0 saturated heterocycles. The Morgan fingerprint density at radius 2 is 2.14 bits per heavy atom. The SMILES string of the molecule is CCCCn1ccc2c(S)cccc21. The van der Waals surface area contributed by atoms with E-state index in [0.29, 0.717) is 0 Å². The average molecular weight is 205 g/mol. The van der Waals surface area contributed by atoms with Crippen molar-refractivity contribution in [2.45, 2.75) is 31.2 Å². The molecule has 0 aliphatic heterocycles. The maximum atomic E-state index is 4.44. The summed E-state index contributed by atoms with van der Waals surface area (Å²) >= 11 is 4.44. The van der Waals surface area contributed by atoms with Crippen molar-refractivity contribution >= 4 is 23.5 Å². The van der Waals surface area contributed by atoms with Gasteiger partial charge in [-0.2, -0.15) is 0 Å². The standard InChI is InChI=1S/C12H15NS/c1-2-3-8-13-9-7-10-11(13)5-4-6-12(10)14/h4-7,9,14H,2-3,8H2,1H3. The Bertz CT molecular complexity index is 431. The molecule has 0 N–H and O–H groups in total. The lowest BCUT2D eigenvalue weighted by molar-refractivity contribution is 0.650. The van der Waals surface area contributed by atoms with Crippen molar-refractivity contribution in [2.24, 2.45) is 0 Å². The maximum absolute atomic E-state index is 4.44. The molecule has 0 atom stereocenters. The van der Waals surface area contributed by atoms with Gasteiger partial charge in [-0.1, -0.05) is 19.4 Å². The minimum absolute atomic E-state index is 1.07. The highest BCUT2D eigenvalue weighted by molar-refractivity contribution is 7.80. The summed E-state index contributed by atoms with van der Waals surface area (Å²) in [7, 11) is 0. The number of hydrogen-bond acceptors (Lipinski definition) is 1. The fourth-order valence-electron chi connectivity index (χ4n) is 1.73. The number of hydrogen-bond donors (Lipinski definition) is 1. The van der Waals surface area contributed by atoms with Crippen LogP contribution in [0.4, 0.5) is 0 Å². The minimum atomic E-state index is 1.07. The molecule has 2 rings (SSSR count). The van der Waals surface area contributed by atoms with Crippen molar-refractivity contribution < 1.29 is 0 Å². The Balaban J connectivity index is 2.42. The minimum Gasteiger partial charge on any atom is -0.347 e. The first-order valence-electron chi connectivity index (χ1n) is 5.09. The van der Waals surface area contributed by atoms with Gasteiger partial charge in [0, 0.05) is 28.5 Å². The van der Waals surface area contributed by atoms with E-state index < -0.39 is 0 Å². The molecule has 74 valence electrons. The van der Waals surface area contributed by atoms with Crippen molar-refractivity contribution in [1.29, 1.82) is 0 Å². The molecule has 0 spiro atoms. The van der Waals surface area contributed by atoms with E-state index in [1.54, 1.807) is 0 Å². The second kappa shape index (κ2) is 4.09. The summed E-state index contributed by atoms with van der Waals surface area (Å²) in [6.07, 6.45) is 4.63. The Kier molecular flexibility index (Phi) is 2.82. The van der Waals surface area contributed by atoms with Gasteiger partial charge < -0.3 is 4.57 Å². The molecule has 1 nitrogen and oxygen atoms in total. The van der Waals surface area contributed by atoms with Crippen LogP contribution in [0.5, 0.6) is 0 Å². The van der Waals surface area contributed by atoms with Gasteiger partial charge in [0.15, 0.2) is 0 Å². The maximum Gasteiger partial charge on any atom is 0.0491 e. The number of rotatable bonds is 3. The first-order valence-corrected chi connectivity index (χ1v) is 5.54. The van der Waals surface area contributed by atoms with Gasteiger partial charge >= 0.3 is 0 Å². The fourth-order valence-corrected chi connectivity index (χ4v) is 2.01. The largest absolute Gasteiger partial charge is 0.347 e. The average Bonchev–Trinajstić information content (AvgIpc) is 2.60. The van der Waals surface area contributed by atoms with Crippen LogP contribution in [0.3, 0.4) is 0 Å². The van der Waals surface area contributed by atoms with Crippen LogP contribution in [-0.4, -0.2) is 4.57 Å². The summed E-state index contributed by atoms with van der Waals surface area (Å²) in [5.41, 5.74) is 1.30. The fraction of sp³-hybridized carbons (Fsp3) is 0.333. The third kappa shape index (κ3) is 1.67. The van der Waals surface area contributed by atoms with Crippen LogP contribution in [0.1, 0.15) is 19.8 Å². The number of fused-ring (bicyclic) bond motifs is 1. The molecular formula is C12H15NS. The number of aryl methyl sites for hydroxylation is 1. The van der Waals surface area contributed by atoms with Crippen molar-refractivity contribution in [3.63, 3.8) is 0 Å². The number of unbranched alkanes of at least 4 members (excludes halogenated alkanes) is 1. The molecule has 1 heterocycles. The smallest absolute Gasteiger partial charge is 0.0491 e. The number of nitrogens with zero attached hydrogens (tertiary/aromatic N) is 1. The third-order valence-corrected chi connectivity index (χ3v) is 2.93. The van der Waals surface area contributed by atoms with Gasteiger partial charge in [-0.3, -0.25) is 0 Å². The number of aromatic nitrogens is 1. The molecule has 1 aromatic carbocycles. The van der Waals surface area contributed by atoms with E-state index in [4.69, 9.17) is 0 Å². The molecular weight excluding hydrogens is 190 g/mol. The molecule has 0 unspecified atom stereocenters. The van der Waals surface area contributed by atoms with Gasteiger partial charge in [-0.15, -0.1) is 12.6 Å². The van der Waals surface area contributed by atoms with Crippen LogP contribution >= 0.6 is 12.6 Å². The van der Waals surface area contributed by atoms with Crippen LogP contribution < -0.4 is 0 Å². The van der Waals surface area contributed by atoms with Gasteiger partial charge in [-0.05, 0) is 24.6 Å². The summed E-state index contributed by atoms with van der Waals surface area (Å²) in [6.45, 7) is 3.33. The van der Waals surface area contributed by atoms with Crippen molar-refractivity contribution in [3.05, 3.63) is 30.5 Å². The van der Waals surface area contributed by atoms with Gasteiger partial charge in [0.1, 0.15) is 0 Å². The monoisotopic (exact) mass is 205 g/mol. The normalized spacial score (nSPS) is 11.0. The molecule has 1 aromatic heterocycles. The van der Waals surface area contributed by atoms with E-state index in [2.05, 4.69) is 48.5 Å². The van der Waals surface area contributed by atoms with Crippen LogP contribution in [0.2, 0.25) is 0 Å². The van der Waals surface area contributed by atoms with E-state index >= 15 is 0 Å². The Morgan fingerprint density at radius 1 is 1.29 bits per heavy atom. The van der Waals surface area contributed by atoms with Crippen LogP contribution in [-0.2, 0) is 6.54 Å². The predicted molar refractivity (Wildman–Crippen MR) is 64.1 cm³/mol. The van der Waals surface area contributed by atoms with Crippen molar-refractivity contribution in [3.8, 4) is 0 Å². The molecule has 14 heavy (non-hydrogen) atoms. The second-order valence-corrected chi connectivity index (χ2v) is 4.05. The topological polar surface area (TPSA) is 4.93 Å². The second-order valence-electron chi connectivity index (χ2n) is 3.57. The van der Waals surface area contributed by atoms with E-state index in [0.717, 1.165) is 11.4 Å². The first-order chi connectivity index (χ1) is 6.83. The highest BCUT2D eigenvalue weighted by Gasteiger charge is 2.01. The van der Waals surface area contributed by atoms with Gasteiger partial charge in [0.25, 0.3) is 0 Å². The summed E-state index contributed by atoms with van der Waals surface area (Å²) in [6, 6.07) is 8.40.